The summed E-state index contributed by atoms with van der Waals surface area (Å²) in [5.41, 5.74) is 1.17. The minimum atomic E-state index is -0.184. The van der Waals surface area contributed by atoms with E-state index in [0.717, 1.165) is 10.2 Å². The Hall–Kier alpha value is -2.47. The van der Waals surface area contributed by atoms with Crippen LogP contribution in [0.3, 0.4) is 0 Å². The van der Waals surface area contributed by atoms with Gasteiger partial charge >= 0.3 is 0 Å². The summed E-state index contributed by atoms with van der Waals surface area (Å²) in [4.78, 5) is 31.1. The lowest BCUT2D eigenvalue weighted by Crippen LogP contribution is -2.16. The average molecular weight is 372 g/mol. The van der Waals surface area contributed by atoms with Crippen LogP contribution >= 0.6 is 15.9 Å². The maximum absolute atomic E-state index is 12.0. The van der Waals surface area contributed by atoms with Crippen molar-refractivity contribution in [3.63, 3.8) is 0 Å². The maximum Gasteiger partial charge on any atom is 0.258 e. The normalized spacial score (nSPS) is 10.7. The van der Waals surface area contributed by atoms with Crippen molar-refractivity contribution >= 4 is 38.4 Å². The minimum Gasteiger partial charge on any atom is -0.325 e. The van der Waals surface area contributed by atoms with Gasteiger partial charge in [0.15, 0.2) is 0 Å². The van der Waals surface area contributed by atoms with Crippen LogP contribution < -0.4 is 10.9 Å². The standard InChI is InChI=1S/C17H14BrN3O2/c18-12-6-2-4-8-14(12)20-16(22)10-9-15-19-13-7-3-1-5-11(13)17(23)21-15/h1-8H,9-10H2,(H,20,22)(H,19,21,23). The molecule has 2 N–H and O–H groups in total. The van der Waals surface area contributed by atoms with Crippen molar-refractivity contribution < 1.29 is 4.79 Å². The molecule has 0 aliphatic rings. The number of para-hydroxylation sites is 2. The number of aromatic amines is 1. The number of anilines is 1. The van der Waals surface area contributed by atoms with Gasteiger partial charge in [0.2, 0.25) is 5.91 Å². The smallest absolute Gasteiger partial charge is 0.258 e. The van der Waals surface area contributed by atoms with Crippen LogP contribution in [0.1, 0.15) is 12.2 Å². The van der Waals surface area contributed by atoms with Crippen molar-refractivity contribution in [3.8, 4) is 0 Å². The predicted molar refractivity (Wildman–Crippen MR) is 93.5 cm³/mol. The molecule has 0 radical (unpaired) electrons. The van der Waals surface area contributed by atoms with Crippen molar-refractivity contribution in [3.05, 3.63) is 69.2 Å². The van der Waals surface area contributed by atoms with E-state index in [2.05, 4.69) is 31.2 Å². The molecule has 0 fully saturated rings. The van der Waals surface area contributed by atoms with E-state index < -0.39 is 0 Å². The topological polar surface area (TPSA) is 74.8 Å². The molecular formula is C17H14BrN3O2. The van der Waals surface area contributed by atoms with E-state index in [0.29, 0.717) is 23.1 Å². The number of aryl methyl sites for hydroxylation is 1. The molecule has 5 nitrogen and oxygen atoms in total. The largest absolute Gasteiger partial charge is 0.325 e. The molecule has 6 heteroatoms. The monoisotopic (exact) mass is 371 g/mol. The number of hydrogen-bond acceptors (Lipinski definition) is 3. The second kappa shape index (κ2) is 6.75. The number of rotatable bonds is 4. The molecule has 0 unspecified atom stereocenters. The Labute approximate surface area is 140 Å². The van der Waals surface area contributed by atoms with Crippen molar-refractivity contribution in [1.82, 2.24) is 9.97 Å². The molecule has 0 aliphatic carbocycles. The van der Waals surface area contributed by atoms with Crippen molar-refractivity contribution in [2.24, 2.45) is 0 Å². The first-order valence-electron chi connectivity index (χ1n) is 7.16. The number of benzene rings is 2. The SMILES string of the molecule is O=C(CCc1nc2ccccc2c(=O)[nH]1)Nc1ccccc1Br. The quantitative estimate of drug-likeness (QED) is 0.738. The van der Waals surface area contributed by atoms with Gasteiger partial charge in [-0.15, -0.1) is 0 Å². The van der Waals surface area contributed by atoms with E-state index in [9.17, 15) is 9.59 Å². The summed E-state index contributed by atoms with van der Waals surface area (Å²) >= 11 is 3.38. The maximum atomic E-state index is 12.0. The number of carbonyl (C=O) groups is 1. The Morgan fingerprint density at radius 1 is 1.13 bits per heavy atom. The predicted octanol–water partition coefficient (Wildman–Crippen LogP) is 3.26. The van der Waals surface area contributed by atoms with E-state index >= 15 is 0 Å². The first-order chi connectivity index (χ1) is 11.1. The van der Waals surface area contributed by atoms with Crippen molar-refractivity contribution in [2.45, 2.75) is 12.8 Å². The van der Waals surface area contributed by atoms with Crippen LogP contribution in [-0.2, 0) is 11.2 Å². The van der Waals surface area contributed by atoms with Crippen molar-refractivity contribution in [2.75, 3.05) is 5.32 Å². The van der Waals surface area contributed by atoms with E-state index in [1.165, 1.54) is 0 Å². The number of hydrogen-bond donors (Lipinski definition) is 2. The molecule has 3 rings (SSSR count). The summed E-state index contributed by atoms with van der Waals surface area (Å²) in [6.45, 7) is 0. The molecule has 0 saturated carbocycles. The molecule has 0 atom stereocenters. The number of amides is 1. The van der Waals surface area contributed by atoms with Crippen LogP contribution in [0.15, 0.2) is 57.8 Å². The summed E-state index contributed by atoms with van der Waals surface area (Å²) in [5.74, 6) is 0.378. The number of nitrogens with zero attached hydrogens (tertiary/aromatic N) is 1. The van der Waals surface area contributed by atoms with Gasteiger partial charge in [-0.05, 0) is 40.2 Å². The highest BCUT2D eigenvalue weighted by molar-refractivity contribution is 9.10. The zero-order chi connectivity index (χ0) is 16.2. The second-order valence-electron chi connectivity index (χ2n) is 5.06. The molecule has 0 saturated heterocycles. The molecule has 2 aromatic carbocycles. The lowest BCUT2D eigenvalue weighted by Gasteiger charge is -2.07. The number of carbonyl (C=O) groups excluding carboxylic acids is 1. The number of aromatic nitrogens is 2. The van der Waals surface area contributed by atoms with Gasteiger partial charge in [-0.25, -0.2) is 4.98 Å². The molecule has 0 aliphatic heterocycles. The van der Waals surface area contributed by atoms with Crippen LogP contribution in [0.5, 0.6) is 0 Å². The molecule has 1 aromatic heterocycles. The molecular weight excluding hydrogens is 358 g/mol. The Morgan fingerprint density at radius 2 is 1.87 bits per heavy atom. The molecule has 1 heterocycles. The van der Waals surface area contributed by atoms with Crippen LogP contribution in [0.4, 0.5) is 5.69 Å². The van der Waals surface area contributed by atoms with Gasteiger partial charge in [-0.1, -0.05) is 24.3 Å². The van der Waals surface area contributed by atoms with Crippen LogP contribution in [0, 0.1) is 0 Å². The van der Waals surface area contributed by atoms with Gasteiger partial charge in [0, 0.05) is 17.3 Å². The Morgan fingerprint density at radius 3 is 2.70 bits per heavy atom. The lowest BCUT2D eigenvalue weighted by atomic mass is 10.2. The minimum absolute atomic E-state index is 0.132. The van der Waals surface area contributed by atoms with Gasteiger partial charge < -0.3 is 10.3 Å². The highest BCUT2D eigenvalue weighted by Gasteiger charge is 2.08. The summed E-state index contributed by atoms with van der Waals surface area (Å²) in [6, 6.07) is 14.5. The Balaban J connectivity index is 1.70. The Kier molecular flexibility index (Phi) is 4.52. The molecule has 116 valence electrons. The molecule has 23 heavy (non-hydrogen) atoms. The third-order valence-corrected chi connectivity index (χ3v) is 4.09. The van der Waals surface area contributed by atoms with E-state index in [1.807, 2.05) is 30.3 Å². The summed E-state index contributed by atoms with van der Waals surface area (Å²) in [5, 5.41) is 3.38. The van der Waals surface area contributed by atoms with Gasteiger partial charge in [-0.2, -0.15) is 0 Å². The van der Waals surface area contributed by atoms with Crippen LogP contribution in [-0.4, -0.2) is 15.9 Å². The van der Waals surface area contributed by atoms with E-state index in [4.69, 9.17) is 0 Å². The van der Waals surface area contributed by atoms with Crippen molar-refractivity contribution in [1.29, 1.82) is 0 Å². The zero-order valence-corrected chi connectivity index (χ0v) is 13.8. The number of H-pyrrole nitrogens is 1. The first-order valence-corrected chi connectivity index (χ1v) is 7.95. The summed E-state index contributed by atoms with van der Waals surface area (Å²) in [7, 11) is 0. The molecule has 3 aromatic rings. The highest BCUT2D eigenvalue weighted by atomic mass is 79.9. The Bertz CT molecular complexity index is 921. The van der Waals surface area contributed by atoms with Crippen LogP contribution in [0.2, 0.25) is 0 Å². The summed E-state index contributed by atoms with van der Waals surface area (Å²) in [6.07, 6.45) is 0.610. The van der Waals surface area contributed by atoms with Crippen LogP contribution in [0.25, 0.3) is 10.9 Å². The van der Waals surface area contributed by atoms with Gasteiger partial charge in [0.05, 0.1) is 16.6 Å². The van der Waals surface area contributed by atoms with E-state index in [-0.39, 0.29) is 17.9 Å². The fourth-order valence-electron chi connectivity index (χ4n) is 2.26. The summed E-state index contributed by atoms with van der Waals surface area (Å²) < 4.78 is 0.825. The number of halogens is 1. The number of fused-ring (bicyclic) bond motifs is 1. The van der Waals surface area contributed by atoms with E-state index in [1.54, 1.807) is 18.2 Å². The third-order valence-electron chi connectivity index (χ3n) is 3.40. The second-order valence-corrected chi connectivity index (χ2v) is 5.91. The van der Waals surface area contributed by atoms with Gasteiger partial charge in [0.1, 0.15) is 5.82 Å². The fraction of sp³-hybridized carbons (Fsp3) is 0.118. The lowest BCUT2D eigenvalue weighted by molar-refractivity contribution is -0.116. The molecule has 1 amide bonds. The molecule has 0 spiro atoms. The third kappa shape index (κ3) is 3.65. The number of nitrogens with one attached hydrogen (secondary N) is 2. The first kappa shape index (κ1) is 15.4. The highest BCUT2D eigenvalue weighted by Crippen LogP contribution is 2.21. The van der Waals surface area contributed by atoms with Gasteiger partial charge in [-0.3, -0.25) is 9.59 Å². The average Bonchev–Trinajstić information content (AvgIpc) is 2.55. The zero-order valence-electron chi connectivity index (χ0n) is 12.2. The molecule has 0 bridgehead atoms. The fourth-order valence-corrected chi connectivity index (χ4v) is 2.64. The van der Waals surface area contributed by atoms with Gasteiger partial charge in [0.25, 0.3) is 5.56 Å².